The number of aliphatic carboxylic acids is 1. The summed E-state index contributed by atoms with van der Waals surface area (Å²) in [6.45, 7) is 4.35. The van der Waals surface area contributed by atoms with Gasteiger partial charge in [0.2, 0.25) is 0 Å². The molecule has 78 valence electrons. The van der Waals surface area contributed by atoms with E-state index < -0.39 is 5.97 Å². The third-order valence-electron chi connectivity index (χ3n) is 3.65. The van der Waals surface area contributed by atoms with E-state index >= 15 is 0 Å². The van der Waals surface area contributed by atoms with E-state index in [1.807, 2.05) is 0 Å². The normalized spacial score (nSPS) is 39.6. The van der Waals surface area contributed by atoms with Gasteiger partial charge in [0, 0.05) is 0 Å². The summed E-state index contributed by atoms with van der Waals surface area (Å²) < 4.78 is 0. The molecule has 2 rings (SSSR count). The molecule has 14 heavy (non-hydrogen) atoms. The van der Waals surface area contributed by atoms with Crippen LogP contribution in [0.3, 0.4) is 0 Å². The third-order valence-corrected chi connectivity index (χ3v) is 3.65. The maximum absolute atomic E-state index is 11.1. The van der Waals surface area contributed by atoms with Crippen molar-refractivity contribution in [3.63, 3.8) is 0 Å². The Morgan fingerprint density at radius 3 is 2.64 bits per heavy atom. The van der Waals surface area contributed by atoms with Gasteiger partial charge < -0.3 is 5.11 Å². The molecule has 2 aliphatic rings. The summed E-state index contributed by atoms with van der Waals surface area (Å²) in [6, 6.07) is 0. The molecular weight excluding hydrogens is 176 g/mol. The molecule has 0 spiro atoms. The van der Waals surface area contributed by atoms with E-state index in [0.29, 0.717) is 23.7 Å². The smallest absolute Gasteiger partial charge is 0.307 e. The first-order valence-electron chi connectivity index (χ1n) is 5.50. The standard InChI is InChI=1S/C12H18O2/c1-7(2)5-10-8-3-4-9(6-8)11(10)12(13)14/h3-4,7-11H,5-6H2,1-2H3,(H,13,14). The molecule has 2 bridgehead atoms. The van der Waals surface area contributed by atoms with Crippen molar-refractivity contribution in [2.45, 2.75) is 26.7 Å². The number of carboxylic acid groups (broad SMARTS) is 1. The minimum Gasteiger partial charge on any atom is -0.481 e. The summed E-state index contributed by atoms with van der Waals surface area (Å²) in [5.74, 6) is 1.17. The highest BCUT2D eigenvalue weighted by atomic mass is 16.4. The summed E-state index contributed by atoms with van der Waals surface area (Å²) in [4.78, 5) is 11.1. The lowest BCUT2D eigenvalue weighted by Gasteiger charge is -2.26. The van der Waals surface area contributed by atoms with Crippen LogP contribution in [-0.2, 0) is 4.79 Å². The van der Waals surface area contributed by atoms with E-state index in [4.69, 9.17) is 0 Å². The number of allylic oxidation sites excluding steroid dienone is 2. The Labute approximate surface area is 85.0 Å². The predicted octanol–water partition coefficient (Wildman–Crippen LogP) is 2.56. The molecule has 0 aromatic heterocycles. The van der Waals surface area contributed by atoms with E-state index in [9.17, 15) is 9.90 Å². The van der Waals surface area contributed by atoms with Gasteiger partial charge in [-0.2, -0.15) is 0 Å². The van der Waals surface area contributed by atoms with Crippen LogP contribution in [-0.4, -0.2) is 11.1 Å². The number of hydrogen-bond donors (Lipinski definition) is 1. The average molecular weight is 194 g/mol. The molecule has 0 aromatic rings. The number of carboxylic acids is 1. The number of carbonyl (C=O) groups is 1. The summed E-state index contributed by atoms with van der Waals surface area (Å²) >= 11 is 0. The van der Waals surface area contributed by atoms with Crippen LogP contribution in [0, 0.1) is 29.6 Å². The molecule has 1 N–H and O–H groups in total. The zero-order valence-electron chi connectivity index (χ0n) is 8.81. The lowest BCUT2D eigenvalue weighted by Crippen LogP contribution is -2.28. The Morgan fingerprint density at radius 1 is 1.43 bits per heavy atom. The van der Waals surface area contributed by atoms with Crippen LogP contribution in [0.1, 0.15) is 26.7 Å². The first-order chi connectivity index (χ1) is 6.59. The molecule has 0 aliphatic heterocycles. The molecule has 0 saturated heterocycles. The fourth-order valence-electron chi connectivity index (χ4n) is 3.16. The SMILES string of the molecule is CC(C)CC1C2C=CC(C2)C1C(=O)O. The predicted molar refractivity (Wildman–Crippen MR) is 54.8 cm³/mol. The van der Waals surface area contributed by atoms with Gasteiger partial charge in [0.15, 0.2) is 0 Å². The minimum absolute atomic E-state index is 0.104. The Morgan fingerprint density at radius 2 is 2.07 bits per heavy atom. The van der Waals surface area contributed by atoms with Crippen molar-refractivity contribution in [3.05, 3.63) is 12.2 Å². The molecular formula is C12H18O2. The molecule has 0 heterocycles. The Hall–Kier alpha value is -0.790. The van der Waals surface area contributed by atoms with Gasteiger partial charge in [0.05, 0.1) is 5.92 Å². The average Bonchev–Trinajstić information content (AvgIpc) is 2.61. The van der Waals surface area contributed by atoms with Gasteiger partial charge in [0.1, 0.15) is 0 Å². The van der Waals surface area contributed by atoms with E-state index in [0.717, 1.165) is 12.8 Å². The van der Waals surface area contributed by atoms with Crippen molar-refractivity contribution in [2.24, 2.45) is 29.6 Å². The van der Waals surface area contributed by atoms with Gasteiger partial charge in [-0.15, -0.1) is 0 Å². The van der Waals surface area contributed by atoms with Crippen molar-refractivity contribution in [1.29, 1.82) is 0 Å². The van der Waals surface area contributed by atoms with Crippen LogP contribution < -0.4 is 0 Å². The van der Waals surface area contributed by atoms with Crippen LogP contribution in [0.15, 0.2) is 12.2 Å². The zero-order chi connectivity index (χ0) is 10.3. The highest BCUT2D eigenvalue weighted by Gasteiger charge is 2.47. The second-order valence-corrected chi connectivity index (χ2v) is 5.11. The molecule has 1 saturated carbocycles. The molecule has 0 amide bonds. The topological polar surface area (TPSA) is 37.3 Å². The van der Waals surface area contributed by atoms with Crippen molar-refractivity contribution in [2.75, 3.05) is 0 Å². The Balaban J connectivity index is 2.14. The zero-order valence-corrected chi connectivity index (χ0v) is 8.81. The van der Waals surface area contributed by atoms with Gasteiger partial charge in [-0.25, -0.2) is 0 Å². The quantitative estimate of drug-likeness (QED) is 0.701. The molecule has 2 aliphatic carbocycles. The van der Waals surface area contributed by atoms with E-state index in [1.165, 1.54) is 0 Å². The van der Waals surface area contributed by atoms with Gasteiger partial charge in [0.25, 0.3) is 0 Å². The first kappa shape index (κ1) is 9.75. The summed E-state index contributed by atoms with van der Waals surface area (Å²) in [5, 5.41) is 9.18. The number of rotatable bonds is 3. The molecule has 4 unspecified atom stereocenters. The molecule has 2 nitrogen and oxygen atoms in total. The van der Waals surface area contributed by atoms with E-state index in [1.54, 1.807) is 0 Å². The van der Waals surface area contributed by atoms with Crippen LogP contribution in [0.2, 0.25) is 0 Å². The third kappa shape index (κ3) is 1.47. The van der Waals surface area contributed by atoms with E-state index in [-0.39, 0.29) is 5.92 Å². The highest BCUT2D eigenvalue weighted by molar-refractivity contribution is 5.72. The molecule has 4 atom stereocenters. The lowest BCUT2D eigenvalue weighted by molar-refractivity contribution is -0.144. The van der Waals surface area contributed by atoms with Crippen LogP contribution in [0.4, 0.5) is 0 Å². The largest absolute Gasteiger partial charge is 0.481 e. The van der Waals surface area contributed by atoms with Crippen molar-refractivity contribution in [1.82, 2.24) is 0 Å². The van der Waals surface area contributed by atoms with Gasteiger partial charge >= 0.3 is 5.97 Å². The highest BCUT2D eigenvalue weighted by Crippen LogP contribution is 2.50. The van der Waals surface area contributed by atoms with Crippen molar-refractivity contribution >= 4 is 5.97 Å². The summed E-state index contributed by atoms with van der Waals surface area (Å²) in [7, 11) is 0. The van der Waals surface area contributed by atoms with Gasteiger partial charge in [-0.1, -0.05) is 26.0 Å². The fraction of sp³-hybridized carbons (Fsp3) is 0.750. The molecule has 2 heteroatoms. The van der Waals surface area contributed by atoms with Gasteiger partial charge in [-0.05, 0) is 36.5 Å². The molecule has 0 aromatic carbocycles. The molecule has 0 radical (unpaired) electrons. The van der Waals surface area contributed by atoms with Crippen molar-refractivity contribution < 1.29 is 9.90 Å². The maximum atomic E-state index is 11.1. The van der Waals surface area contributed by atoms with Crippen molar-refractivity contribution in [3.8, 4) is 0 Å². The van der Waals surface area contributed by atoms with Crippen LogP contribution in [0.25, 0.3) is 0 Å². The Kier molecular flexibility index (Phi) is 2.38. The first-order valence-corrected chi connectivity index (χ1v) is 5.50. The summed E-state index contributed by atoms with van der Waals surface area (Å²) in [5.41, 5.74) is 0. The second kappa shape index (κ2) is 3.41. The molecule has 1 fully saturated rings. The lowest BCUT2D eigenvalue weighted by atomic mass is 9.78. The van der Waals surface area contributed by atoms with E-state index in [2.05, 4.69) is 26.0 Å². The van der Waals surface area contributed by atoms with Crippen LogP contribution in [0.5, 0.6) is 0 Å². The fourth-order valence-corrected chi connectivity index (χ4v) is 3.16. The minimum atomic E-state index is -0.590. The number of fused-ring (bicyclic) bond motifs is 2. The maximum Gasteiger partial charge on any atom is 0.307 e. The van der Waals surface area contributed by atoms with Gasteiger partial charge in [-0.3, -0.25) is 4.79 Å². The monoisotopic (exact) mass is 194 g/mol. The summed E-state index contributed by atoms with van der Waals surface area (Å²) in [6.07, 6.45) is 6.48. The number of hydrogen-bond acceptors (Lipinski definition) is 1. The Bertz CT molecular complexity index is 267. The van der Waals surface area contributed by atoms with Crippen LogP contribution >= 0.6 is 0 Å². The second-order valence-electron chi connectivity index (χ2n) is 5.11.